The average Bonchev–Trinajstić information content (AvgIpc) is 2.31. The minimum atomic E-state index is -0.500. The summed E-state index contributed by atoms with van der Waals surface area (Å²) in [7, 11) is 1.61. The van der Waals surface area contributed by atoms with Crippen molar-refractivity contribution in [1.82, 2.24) is 5.32 Å². The average molecular weight is 289 g/mol. The van der Waals surface area contributed by atoms with E-state index in [1.165, 1.54) is 23.9 Å². The number of ether oxygens (including phenoxy) is 2. The fraction of sp³-hybridized carbons (Fsp3) is 0.538. The molecule has 0 radical (unpaired) electrons. The SMILES string of the molecule is COCCNCc1cc(F)c(SC2COC2)c(F)c1. The van der Waals surface area contributed by atoms with E-state index in [4.69, 9.17) is 9.47 Å². The molecule has 1 aromatic carbocycles. The van der Waals surface area contributed by atoms with Gasteiger partial charge >= 0.3 is 0 Å². The van der Waals surface area contributed by atoms with Crippen LogP contribution in [0.3, 0.4) is 0 Å². The standard InChI is InChI=1S/C13H17F2NO2S/c1-17-3-2-16-6-9-4-11(14)13(12(15)5-9)19-10-7-18-8-10/h4-5,10,16H,2-3,6-8H2,1H3. The minimum Gasteiger partial charge on any atom is -0.383 e. The summed E-state index contributed by atoms with van der Waals surface area (Å²) in [6.45, 7) is 2.76. The lowest BCUT2D eigenvalue weighted by Gasteiger charge is -2.25. The van der Waals surface area contributed by atoms with Gasteiger partial charge in [0.25, 0.3) is 0 Å². The van der Waals surface area contributed by atoms with Gasteiger partial charge in [0.05, 0.1) is 30.0 Å². The monoisotopic (exact) mass is 289 g/mol. The summed E-state index contributed by atoms with van der Waals surface area (Å²) in [6, 6.07) is 2.76. The molecule has 0 amide bonds. The Morgan fingerprint density at radius 2 is 2.05 bits per heavy atom. The molecular weight excluding hydrogens is 272 g/mol. The molecule has 0 atom stereocenters. The van der Waals surface area contributed by atoms with Gasteiger partial charge in [0.15, 0.2) is 0 Å². The van der Waals surface area contributed by atoms with E-state index in [2.05, 4.69) is 5.32 Å². The number of methoxy groups -OCH3 is 1. The minimum absolute atomic E-state index is 0.0916. The lowest BCUT2D eigenvalue weighted by atomic mass is 10.2. The van der Waals surface area contributed by atoms with Gasteiger partial charge in [-0.25, -0.2) is 8.78 Å². The third-order valence-corrected chi connectivity index (χ3v) is 3.99. The lowest BCUT2D eigenvalue weighted by Crippen LogP contribution is -2.30. The molecule has 1 aromatic rings. The fourth-order valence-electron chi connectivity index (χ4n) is 1.68. The van der Waals surface area contributed by atoms with Gasteiger partial charge < -0.3 is 14.8 Å². The molecule has 0 saturated carbocycles. The molecule has 1 fully saturated rings. The van der Waals surface area contributed by atoms with Gasteiger partial charge in [-0.2, -0.15) is 0 Å². The van der Waals surface area contributed by atoms with Crippen LogP contribution in [0.5, 0.6) is 0 Å². The first-order valence-electron chi connectivity index (χ1n) is 6.12. The summed E-state index contributed by atoms with van der Waals surface area (Å²) >= 11 is 1.21. The van der Waals surface area contributed by atoms with Crippen molar-refractivity contribution in [3.05, 3.63) is 29.3 Å². The molecule has 3 nitrogen and oxygen atoms in total. The van der Waals surface area contributed by atoms with Gasteiger partial charge in [-0.3, -0.25) is 0 Å². The van der Waals surface area contributed by atoms with Crippen molar-refractivity contribution in [2.24, 2.45) is 0 Å². The van der Waals surface area contributed by atoms with Gasteiger partial charge in [0, 0.05) is 20.2 Å². The van der Waals surface area contributed by atoms with Crippen LogP contribution in [0.4, 0.5) is 8.78 Å². The Morgan fingerprint density at radius 3 is 2.58 bits per heavy atom. The zero-order valence-corrected chi connectivity index (χ0v) is 11.6. The first kappa shape index (κ1) is 14.7. The maximum atomic E-state index is 13.9. The second-order valence-corrected chi connectivity index (χ2v) is 5.65. The zero-order chi connectivity index (χ0) is 13.7. The Kier molecular flexibility index (Phi) is 5.57. The van der Waals surface area contributed by atoms with Gasteiger partial charge in [-0.05, 0) is 17.7 Å². The normalized spacial score (nSPS) is 15.5. The second kappa shape index (κ2) is 7.19. The molecule has 0 unspecified atom stereocenters. The van der Waals surface area contributed by atoms with E-state index in [0.29, 0.717) is 38.5 Å². The van der Waals surface area contributed by atoms with Crippen LogP contribution in [0.1, 0.15) is 5.56 Å². The van der Waals surface area contributed by atoms with E-state index in [1.807, 2.05) is 0 Å². The predicted molar refractivity (Wildman–Crippen MR) is 70.4 cm³/mol. The van der Waals surface area contributed by atoms with Crippen molar-refractivity contribution in [2.45, 2.75) is 16.7 Å². The number of halogens is 2. The molecule has 1 aliphatic rings. The van der Waals surface area contributed by atoms with Crippen molar-refractivity contribution < 1.29 is 18.3 Å². The quantitative estimate of drug-likeness (QED) is 0.780. The number of hydrogen-bond donors (Lipinski definition) is 1. The van der Waals surface area contributed by atoms with E-state index < -0.39 is 11.6 Å². The molecule has 0 bridgehead atoms. The predicted octanol–water partition coefficient (Wildman–Crippen LogP) is 2.19. The van der Waals surface area contributed by atoms with Crippen LogP contribution in [0.15, 0.2) is 17.0 Å². The van der Waals surface area contributed by atoms with Crippen molar-refractivity contribution in [3.63, 3.8) is 0 Å². The lowest BCUT2D eigenvalue weighted by molar-refractivity contribution is 0.0454. The highest BCUT2D eigenvalue weighted by Crippen LogP contribution is 2.32. The van der Waals surface area contributed by atoms with E-state index in [9.17, 15) is 8.78 Å². The highest BCUT2D eigenvalue weighted by molar-refractivity contribution is 8.00. The maximum absolute atomic E-state index is 13.9. The fourth-order valence-corrected chi connectivity index (χ4v) is 2.69. The topological polar surface area (TPSA) is 30.5 Å². The molecule has 106 valence electrons. The number of thioether (sulfide) groups is 1. The molecule has 2 rings (SSSR count). The summed E-state index contributed by atoms with van der Waals surface area (Å²) in [6.07, 6.45) is 0. The molecule has 1 saturated heterocycles. The molecule has 1 aliphatic heterocycles. The van der Waals surface area contributed by atoms with Crippen molar-refractivity contribution in [1.29, 1.82) is 0 Å². The molecule has 0 aromatic heterocycles. The zero-order valence-electron chi connectivity index (χ0n) is 10.7. The van der Waals surface area contributed by atoms with Crippen molar-refractivity contribution in [2.75, 3.05) is 33.5 Å². The van der Waals surface area contributed by atoms with Gasteiger partial charge in [-0.1, -0.05) is 0 Å². The first-order valence-corrected chi connectivity index (χ1v) is 7.00. The van der Waals surface area contributed by atoms with Crippen LogP contribution in [0, 0.1) is 11.6 Å². The largest absolute Gasteiger partial charge is 0.383 e. The first-order chi connectivity index (χ1) is 9.20. The molecule has 6 heteroatoms. The summed E-state index contributed by atoms with van der Waals surface area (Å²) in [4.78, 5) is 0.0916. The Morgan fingerprint density at radius 1 is 1.37 bits per heavy atom. The molecular formula is C13H17F2NO2S. The Bertz CT molecular complexity index is 404. The van der Waals surface area contributed by atoms with Gasteiger partial charge in [0.1, 0.15) is 11.6 Å². The third kappa shape index (κ3) is 4.14. The summed E-state index contributed by atoms with van der Waals surface area (Å²) < 4.78 is 37.6. The van der Waals surface area contributed by atoms with E-state index in [-0.39, 0.29) is 10.1 Å². The number of hydrogen-bond acceptors (Lipinski definition) is 4. The van der Waals surface area contributed by atoms with Gasteiger partial charge in [-0.15, -0.1) is 11.8 Å². The van der Waals surface area contributed by atoms with Gasteiger partial charge in [0.2, 0.25) is 0 Å². The van der Waals surface area contributed by atoms with Crippen LogP contribution in [0.2, 0.25) is 0 Å². The number of rotatable bonds is 7. The van der Waals surface area contributed by atoms with Crippen molar-refractivity contribution >= 4 is 11.8 Å². The number of benzene rings is 1. The van der Waals surface area contributed by atoms with Crippen molar-refractivity contribution in [3.8, 4) is 0 Å². The molecule has 0 spiro atoms. The van der Waals surface area contributed by atoms with E-state index >= 15 is 0 Å². The van der Waals surface area contributed by atoms with Crippen LogP contribution in [0.25, 0.3) is 0 Å². The second-order valence-electron chi connectivity index (χ2n) is 4.34. The van der Waals surface area contributed by atoms with Crippen LogP contribution in [-0.2, 0) is 16.0 Å². The highest BCUT2D eigenvalue weighted by atomic mass is 32.2. The maximum Gasteiger partial charge on any atom is 0.140 e. The summed E-state index contributed by atoms with van der Waals surface area (Å²) in [5.74, 6) is -0.999. The van der Waals surface area contributed by atoms with Crippen LogP contribution < -0.4 is 5.32 Å². The highest BCUT2D eigenvalue weighted by Gasteiger charge is 2.23. The third-order valence-electron chi connectivity index (χ3n) is 2.76. The molecule has 0 aliphatic carbocycles. The number of nitrogens with one attached hydrogen (secondary N) is 1. The molecule has 19 heavy (non-hydrogen) atoms. The Balaban J connectivity index is 1.95. The smallest absolute Gasteiger partial charge is 0.140 e. The Hall–Kier alpha value is -0.690. The summed E-state index contributed by atoms with van der Waals surface area (Å²) in [5, 5.41) is 3.22. The molecule has 1 heterocycles. The van der Waals surface area contributed by atoms with Crippen LogP contribution in [-0.4, -0.2) is 38.7 Å². The van der Waals surface area contributed by atoms with E-state index in [1.54, 1.807) is 7.11 Å². The van der Waals surface area contributed by atoms with Crippen LogP contribution >= 0.6 is 11.8 Å². The van der Waals surface area contributed by atoms with E-state index in [0.717, 1.165) is 0 Å². The summed E-state index contributed by atoms with van der Waals surface area (Å²) in [5.41, 5.74) is 0.598. The Labute approximate surface area is 115 Å². The molecule has 1 N–H and O–H groups in total.